The van der Waals surface area contributed by atoms with Crippen molar-refractivity contribution < 1.29 is 31.7 Å². The molecule has 0 N–H and O–H groups in total. The molecule has 0 radical (unpaired) electrons. The van der Waals surface area contributed by atoms with Crippen LogP contribution in [0.4, 0.5) is 4.79 Å². The second-order valence-corrected chi connectivity index (χ2v) is 7.39. The van der Waals surface area contributed by atoms with E-state index in [1.807, 2.05) is 0 Å². The molecular weight excluding hydrogens is 334 g/mol. The minimum Gasteiger partial charge on any atom is -0.463 e. The van der Waals surface area contributed by atoms with Crippen molar-refractivity contribution in [3.05, 3.63) is 0 Å². The summed E-state index contributed by atoms with van der Waals surface area (Å²) in [6.07, 6.45) is -3.06. The van der Waals surface area contributed by atoms with E-state index < -0.39 is 31.5 Å². The van der Waals surface area contributed by atoms with Gasteiger partial charge in [0.15, 0.2) is 6.10 Å². The molecular formula is C7H9Cl3O7S. The van der Waals surface area contributed by atoms with Crippen molar-refractivity contribution in [2.24, 2.45) is 0 Å². The first-order chi connectivity index (χ1) is 8.01. The molecule has 0 aliphatic rings. The van der Waals surface area contributed by atoms with Gasteiger partial charge in [0.05, 0.1) is 6.61 Å². The molecule has 0 heterocycles. The van der Waals surface area contributed by atoms with Gasteiger partial charge in [-0.25, -0.2) is 9.59 Å². The number of ether oxygens (including phenoxy) is 2. The van der Waals surface area contributed by atoms with E-state index in [1.165, 1.54) is 6.92 Å². The smallest absolute Gasteiger partial charge is 0.463 e. The van der Waals surface area contributed by atoms with Crippen LogP contribution in [0.5, 0.6) is 0 Å². The molecule has 0 bridgehead atoms. The van der Waals surface area contributed by atoms with Crippen LogP contribution in [0, 0.1) is 0 Å². The summed E-state index contributed by atoms with van der Waals surface area (Å²) in [5.74, 6) is -0.874. The van der Waals surface area contributed by atoms with Gasteiger partial charge in [0.25, 0.3) is 0 Å². The summed E-state index contributed by atoms with van der Waals surface area (Å²) in [6, 6.07) is 0. The van der Waals surface area contributed by atoms with Gasteiger partial charge in [-0.3, -0.25) is 0 Å². The lowest BCUT2D eigenvalue weighted by Crippen LogP contribution is -2.30. The van der Waals surface area contributed by atoms with Gasteiger partial charge in [-0.1, -0.05) is 34.8 Å². The molecule has 0 aromatic heterocycles. The molecule has 0 aliphatic carbocycles. The standard InChI is InChI=1S/C7H9Cl3O7S/c1-3-15-5(11)4(2)16-6(12)17-18(13,14)7(8,9)10/h4H,3H2,1-2H3. The summed E-state index contributed by atoms with van der Waals surface area (Å²) in [5.41, 5.74) is 0. The summed E-state index contributed by atoms with van der Waals surface area (Å²) < 4.78 is 32.0. The maximum absolute atomic E-state index is 11.1. The van der Waals surface area contributed by atoms with Gasteiger partial charge in [-0.05, 0) is 13.8 Å². The number of halogens is 3. The molecule has 18 heavy (non-hydrogen) atoms. The summed E-state index contributed by atoms with van der Waals surface area (Å²) in [5, 5.41) is 0. The van der Waals surface area contributed by atoms with E-state index >= 15 is 0 Å². The largest absolute Gasteiger partial charge is 0.525 e. The van der Waals surface area contributed by atoms with Gasteiger partial charge < -0.3 is 13.7 Å². The monoisotopic (exact) mass is 342 g/mol. The fraction of sp³-hybridized carbons (Fsp3) is 0.714. The van der Waals surface area contributed by atoms with E-state index in [2.05, 4.69) is 13.7 Å². The van der Waals surface area contributed by atoms with E-state index in [0.717, 1.165) is 6.92 Å². The lowest BCUT2D eigenvalue weighted by molar-refractivity contribution is -0.152. The molecule has 1 atom stereocenters. The Morgan fingerprint density at radius 1 is 1.28 bits per heavy atom. The van der Waals surface area contributed by atoms with E-state index in [-0.39, 0.29) is 6.61 Å². The van der Waals surface area contributed by atoms with Crippen molar-refractivity contribution in [3.8, 4) is 0 Å². The predicted molar refractivity (Wildman–Crippen MR) is 62.9 cm³/mol. The third kappa shape index (κ3) is 5.47. The number of esters is 1. The molecule has 7 nitrogen and oxygen atoms in total. The Bertz CT molecular complexity index is 413. The molecule has 0 amide bonds. The fourth-order valence-corrected chi connectivity index (χ4v) is 1.20. The number of carbonyl (C=O) groups excluding carboxylic acids is 2. The average Bonchev–Trinajstić information content (AvgIpc) is 2.14. The third-order valence-corrected chi connectivity index (χ3v) is 3.98. The molecule has 0 rings (SSSR count). The van der Waals surface area contributed by atoms with Gasteiger partial charge in [0.1, 0.15) is 0 Å². The zero-order valence-electron chi connectivity index (χ0n) is 9.18. The number of carbonyl (C=O) groups is 2. The van der Waals surface area contributed by atoms with Crippen LogP contribution < -0.4 is 0 Å². The predicted octanol–water partition coefficient (Wildman–Crippen LogP) is 1.75. The van der Waals surface area contributed by atoms with E-state index in [4.69, 9.17) is 34.8 Å². The highest BCUT2D eigenvalue weighted by Gasteiger charge is 2.42. The molecule has 106 valence electrons. The summed E-state index contributed by atoms with van der Waals surface area (Å²) in [7, 11) is -4.81. The summed E-state index contributed by atoms with van der Waals surface area (Å²) in [6.45, 7) is 2.76. The van der Waals surface area contributed by atoms with Gasteiger partial charge in [-0.15, -0.1) is 0 Å². The fourth-order valence-electron chi connectivity index (χ4n) is 0.609. The topological polar surface area (TPSA) is 96.0 Å². The van der Waals surface area contributed by atoms with Gasteiger partial charge in [0, 0.05) is 0 Å². The van der Waals surface area contributed by atoms with Crippen LogP contribution >= 0.6 is 34.8 Å². The van der Waals surface area contributed by atoms with Crippen molar-refractivity contribution in [3.63, 3.8) is 0 Å². The molecule has 11 heteroatoms. The molecule has 0 fully saturated rings. The Labute approximate surface area is 118 Å². The maximum atomic E-state index is 11.1. The van der Waals surface area contributed by atoms with Crippen molar-refractivity contribution in [1.82, 2.24) is 0 Å². The Balaban J connectivity index is 4.51. The number of alkyl halides is 3. The van der Waals surface area contributed by atoms with Gasteiger partial charge >= 0.3 is 25.4 Å². The van der Waals surface area contributed by atoms with Crippen LogP contribution in [0.25, 0.3) is 0 Å². The second kappa shape index (κ2) is 6.65. The van der Waals surface area contributed by atoms with Gasteiger partial charge in [-0.2, -0.15) is 8.42 Å². The lowest BCUT2D eigenvalue weighted by Gasteiger charge is -2.14. The van der Waals surface area contributed by atoms with E-state index in [0.29, 0.717) is 0 Å². The molecule has 0 saturated heterocycles. The van der Waals surface area contributed by atoms with Crippen LogP contribution in [0.1, 0.15) is 13.8 Å². The van der Waals surface area contributed by atoms with Crippen molar-refractivity contribution in [2.45, 2.75) is 23.1 Å². The van der Waals surface area contributed by atoms with E-state index in [9.17, 15) is 18.0 Å². The molecule has 0 aromatic rings. The molecule has 0 spiro atoms. The molecule has 0 aliphatic heterocycles. The van der Waals surface area contributed by atoms with Crippen LogP contribution in [0.15, 0.2) is 0 Å². The Hall–Kier alpha value is -0.440. The normalized spacial score (nSPS) is 13.6. The van der Waals surface area contributed by atoms with Gasteiger partial charge in [0.2, 0.25) is 0 Å². The maximum Gasteiger partial charge on any atom is 0.525 e. The molecule has 0 aromatic carbocycles. The minimum atomic E-state index is -4.81. The number of rotatable bonds is 4. The zero-order valence-corrected chi connectivity index (χ0v) is 12.3. The van der Waals surface area contributed by atoms with E-state index in [1.54, 1.807) is 0 Å². The highest BCUT2D eigenvalue weighted by atomic mass is 35.6. The zero-order chi connectivity index (χ0) is 14.6. The lowest BCUT2D eigenvalue weighted by atomic mass is 10.4. The van der Waals surface area contributed by atoms with Crippen LogP contribution in [0.3, 0.4) is 0 Å². The minimum absolute atomic E-state index is 0.0635. The van der Waals surface area contributed by atoms with Crippen LogP contribution in [-0.2, 0) is 28.6 Å². The highest BCUT2D eigenvalue weighted by molar-refractivity contribution is 7.93. The van der Waals surface area contributed by atoms with Crippen molar-refractivity contribution in [2.75, 3.05) is 6.61 Å². The first-order valence-electron chi connectivity index (χ1n) is 4.39. The first-order valence-corrected chi connectivity index (χ1v) is 6.93. The number of hydrogen-bond acceptors (Lipinski definition) is 7. The Kier molecular flexibility index (Phi) is 6.48. The molecule has 1 unspecified atom stereocenters. The first kappa shape index (κ1) is 17.6. The van der Waals surface area contributed by atoms with Crippen LogP contribution in [-0.4, -0.2) is 36.4 Å². The van der Waals surface area contributed by atoms with Crippen molar-refractivity contribution >= 4 is 57.0 Å². The SMILES string of the molecule is CCOC(=O)C(C)OC(=O)OS(=O)(=O)C(Cl)(Cl)Cl. The number of hydrogen-bond donors (Lipinski definition) is 0. The third-order valence-electron chi connectivity index (χ3n) is 1.35. The average molecular weight is 344 g/mol. The Morgan fingerprint density at radius 2 is 1.78 bits per heavy atom. The summed E-state index contributed by atoms with van der Waals surface area (Å²) in [4.78, 5) is 22.1. The highest BCUT2D eigenvalue weighted by Crippen LogP contribution is 2.34. The molecule has 0 saturated carbocycles. The van der Waals surface area contributed by atoms with Crippen LogP contribution in [0.2, 0.25) is 0 Å². The Morgan fingerprint density at radius 3 is 2.17 bits per heavy atom. The second-order valence-electron chi connectivity index (χ2n) is 2.75. The quantitative estimate of drug-likeness (QED) is 0.436. The van der Waals surface area contributed by atoms with Crippen molar-refractivity contribution in [1.29, 1.82) is 0 Å². The summed E-state index contributed by atoms with van der Waals surface area (Å²) >= 11 is 15.1.